The van der Waals surface area contributed by atoms with Gasteiger partial charge in [0.05, 0.1) is 18.4 Å². The zero-order valence-corrected chi connectivity index (χ0v) is 22.3. The van der Waals surface area contributed by atoms with Crippen LogP contribution in [0.4, 0.5) is 4.39 Å². The van der Waals surface area contributed by atoms with Crippen LogP contribution in [0.25, 0.3) is 22.2 Å². The molecule has 0 saturated carbocycles. The second kappa shape index (κ2) is 9.71. The lowest BCUT2D eigenvalue weighted by atomic mass is 9.85. The van der Waals surface area contributed by atoms with E-state index >= 15 is 4.39 Å². The van der Waals surface area contributed by atoms with E-state index in [4.69, 9.17) is 20.9 Å². The average molecular weight is 491 g/mol. The van der Waals surface area contributed by atoms with Crippen molar-refractivity contribution in [1.82, 2.24) is 9.55 Å². The molecule has 0 N–H and O–H groups in total. The van der Waals surface area contributed by atoms with E-state index in [1.165, 1.54) is 7.11 Å². The average Bonchev–Trinajstić information content (AvgIpc) is 2.99. The third kappa shape index (κ3) is 4.53. The summed E-state index contributed by atoms with van der Waals surface area (Å²) < 4.78 is 29.0. The molecule has 2 heterocycles. The number of pyridine rings is 1. The first-order chi connectivity index (χ1) is 17.0. The van der Waals surface area contributed by atoms with Gasteiger partial charge in [-0.25, -0.2) is 14.2 Å². The number of nitrogens with zero attached hydrogens (tertiary/aromatic N) is 2. The predicted octanol–water partition coefficient (Wildman–Crippen LogP) is 6.28. The van der Waals surface area contributed by atoms with Crippen LogP contribution in [0, 0.1) is 32.0 Å². The highest BCUT2D eigenvalue weighted by Gasteiger charge is 2.34. The van der Waals surface area contributed by atoms with Gasteiger partial charge in [0.2, 0.25) is 0 Å². The van der Waals surface area contributed by atoms with Crippen LogP contribution in [0.5, 0.6) is 0 Å². The van der Waals surface area contributed by atoms with E-state index in [1.54, 1.807) is 6.07 Å². The summed E-state index contributed by atoms with van der Waals surface area (Å²) in [5, 5.41) is 0.758. The molecule has 36 heavy (non-hydrogen) atoms. The Morgan fingerprint density at radius 2 is 1.83 bits per heavy atom. The molecule has 0 amide bonds. The van der Waals surface area contributed by atoms with Gasteiger partial charge in [-0.3, -0.25) is 0 Å². The molecule has 1 aliphatic carbocycles. The van der Waals surface area contributed by atoms with Gasteiger partial charge in [0.15, 0.2) is 6.10 Å². The summed E-state index contributed by atoms with van der Waals surface area (Å²) in [4.78, 5) is 18.0. The molecule has 0 aliphatic heterocycles. The normalized spacial score (nSPS) is 14.8. The highest BCUT2D eigenvalue weighted by Crippen LogP contribution is 2.43. The van der Waals surface area contributed by atoms with E-state index in [9.17, 15) is 4.79 Å². The molecular weight excluding hydrogens is 455 g/mol. The number of ether oxygens (including phenoxy) is 2. The summed E-state index contributed by atoms with van der Waals surface area (Å²) in [6.07, 6.45) is 9.42. The largest absolute Gasteiger partial charge is 0.467 e. The Morgan fingerprint density at radius 1 is 1.17 bits per heavy atom. The maximum absolute atomic E-state index is 15.7. The Balaban J connectivity index is 2.15. The van der Waals surface area contributed by atoms with Crippen LogP contribution in [0.2, 0.25) is 0 Å². The van der Waals surface area contributed by atoms with Gasteiger partial charge in [0.1, 0.15) is 11.5 Å². The van der Waals surface area contributed by atoms with E-state index in [0.717, 1.165) is 65.3 Å². The van der Waals surface area contributed by atoms with Crippen molar-refractivity contribution in [3.05, 3.63) is 51.6 Å². The highest BCUT2D eigenvalue weighted by molar-refractivity contribution is 5.99. The number of hydrogen-bond donors (Lipinski definition) is 0. The summed E-state index contributed by atoms with van der Waals surface area (Å²) in [5.74, 6) is 1.97. The van der Waals surface area contributed by atoms with Gasteiger partial charge < -0.3 is 14.0 Å². The lowest BCUT2D eigenvalue weighted by Crippen LogP contribution is -2.29. The van der Waals surface area contributed by atoms with Gasteiger partial charge in [-0.2, -0.15) is 0 Å². The highest BCUT2D eigenvalue weighted by atomic mass is 19.1. The van der Waals surface area contributed by atoms with Crippen LogP contribution in [-0.4, -0.2) is 28.2 Å². The molecule has 0 unspecified atom stereocenters. The number of aromatic nitrogens is 2. The van der Waals surface area contributed by atoms with Crippen molar-refractivity contribution in [3.8, 4) is 23.5 Å². The minimum absolute atomic E-state index is 0.208. The molecule has 4 rings (SSSR count). The van der Waals surface area contributed by atoms with Crippen molar-refractivity contribution in [2.75, 3.05) is 7.11 Å². The first-order valence-electron chi connectivity index (χ1n) is 12.5. The first kappa shape index (κ1) is 25.9. The number of halogens is 1. The monoisotopic (exact) mass is 490 g/mol. The van der Waals surface area contributed by atoms with Gasteiger partial charge in [0, 0.05) is 29.3 Å². The molecule has 1 atom stereocenters. The maximum atomic E-state index is 15.7. The van der Waals surface area contributed by atoms with Crippen molar-refractivity contribution in [3.63, 3.8) is 0 Å². The van der Waals surface area contributed by atoms with Gasteiger partial charge in [-0.1, -0.05) is 12.3 Å². The molecule has 2 aromatic heterocycles. The number of rotatable bonds is 4. The molecular formula is C30H35FN2O3. The van der Waals surface area contributed by atoms with Gasteiger partial charge >= 0.3 is 5.97 Å². The van der Waals surface area contributed by atoms with E-state index in [2.05, 4.69) is 5.92 Å². The number of carbonyl (C=O) groups excluding carboxylic acids is 1. The quantitative estimate of drug-likeness (QED) is 0.246. The molecule has 0 saturated heterocycles. The van der Waals surface area contributed by atoms with E-state index < -0.39 is 17.7 Å². The van der Waals surface area contributed by atoms with Gasteiger partial charge in [0.25, 0.3) is 0 Å². The van der Waals surface area contributed by atoms with Crippen LogP contribution < -0.4 is 0 Å². The fourth-order valence-corrected chi connectivity index (χ4v) is 5.40. The Labute approximate surface area is 213 Å². The first-order valence-corrected chi connectivity index (χ1v) is 12.5. The van der Waals surface area contributed by atoms with E-state index in [0.29, 0.717) is 22.6 Å². The number of aryl methyl sites for hydroxylation is 2. The molecule has 0 radical (unpaired) electrons. The van der Waals surface area contributed by atoms with Crippen molar-refractivity contribution in [2.24, 2.45) is 7.05 Å². The molecule has 5 nitrogen and oxygen atoms in total. The van der Waals surface area contributed by atoms with Crippen LogP contribution in [0.15, 0.2) is 12.1 Å². The van der Waals surface area contributed by atoms with Crippen molar-refractivity contribution in [2.45, 2.75) is 78.4 Å². The SMILES string of the molecule is C#Cc1cc2c(-c3cc(F)c4c(c3C)CCCCC4)c([C@H](OC(C)(C)C)C(=O)OC)c(C)nc2n1C. The molecule has 6 heteroatoms. The minimum Gasteiger partial charge on any atom is -0.467 e. The number of benzene rings is 1. The zero-order chi connectivity index (χ0) is 26.4. The van der Waals surface area contributed by atoms with Crippen molar-refractivity contribution in [1.29, 1.82) is 0 Å². The Kier molecular flexibility index (Phi) is 6.99. The van der Waals surface area contributed by atoms with Crippen LogP contribution >= 0.6 is 0 Å². The maximum Gasteiger partial charge on any atom is 0.339 e. The molecule has 1 aromatic carbocycles. The lowest BCUT2D eigenvalue weighted by Gasteiger charge is -2.29. The Bertz CT molecular complexity index is 1390. The van der Waals surface area contributed by atoms with E-state index in [-0.39, 0.29) is 5.82 Å². The zero-order valence-electron chi connectivity index (χ0n) is 22.3. The third-order valence-electron chi connectivity index (χ3n) is 7.10. The number of fused-ring (bicyclic) bond motifs is 2. The second-order valence-electron chi connectivity index (χ2n) is 10.6. The number of hydrogen-bond acceptors (Lipinski definition) is 4. The Hall–Kier alpha value is -3.17. The van der Waals surface area contributed by atoms with Crippen LogP contribution in [0.1, 0.15) is 79.8 Å². The molecule has 0 fully saturated rings. The molecule has 3 aromatic rings. The molecule has 1 aliphatic rings. The second-order valence-corrected chi connectivity index (χ2v) is 10.6. The fourth-order valence-electron chi connectivity index (χ4n) is 5.40. The third-order valence-corrected chi connectivity index (χ3v) is 7.10. The van der Waals surface area contributed by atoms with Crippen molar-refractivity contribution < 1.29 is 18.7 Å². The predicted molar refractivity (Wildman–Crippen MR) is 140 cm³/mol. The number of carbonyl (C=O) groups is 1. The van der Waals surface area contributed by atoms with Gasteiger partial charge in [-0.05, 0) is 94.7 Å². The molecule has 0 bridgehead atoms. The topological polar surface area (TPSA) is 53.4 Å². The number of methoxy groups -OCH3 is 1. The summed E-state index contributed by atoms with van der Waals surface area (Å²) in [6.45, 7) is 9.55. The number of esters is 1. The summed E-state index contributed by atoms with van der Waals surface area (Å²) >= 11 is 0. The fraction of sp³-hybridized carbons (Fsp3) is 0.467. The number of terminal acetylenes is 1. The summed E-state index contributed by atoms with van der Waals surface area (Å²) in [7, 11) is 3.20. The summed E-state index contributed by atoms with van der Waals surface area (Å²) in [5.41, 5.74) is 6.21. The smallest absolute Gasteiger partial charge is 0.339 e. The van der Waals surface area contributed by atoms with Crippen molar-refractivity contribution >= 4 is 17.0 Å². The summed E-state index contributed by atoms with van der Waals surface area (Å²) in [6, 6.07) is 3.50. The van der Waals surface area contributed by atoms with Gasteiger partial charge in [-0.15, -0.1) is 6.42 Å². The minimum atomic E-state index is -1.04. The molecule has 0 spiro atoms. The molecule has 190 valence electrons. The standard InChI is InChI=1S/C30H35FN2O3/c1-9-19-15-23-26(22-16-24(31)21-14-12-10-11-13-20(21)17(22)2)25(18(3)32-28(23)33(19)7)27(29(34)35-8)36-30(4,5)6/h1,15-16,27H,10-14H2,2-8H3/t27-/m0/s1. The Morgan fingerprint density at radius 3 is 2.44 bits per heavy atom. The lowest BCUT2D eigenvalue weighted by molar-refractivity contribution is -0.164. The van der Waals surface area contributed by atoms with Crippen LogP contribution in [0.3, 0.4) is 0 Å². The van der Waals surface area contributed by atoms with E-state index in [1.807, 2.05) is 52.3 Å². The van der Waals surface area contributed by atoms with Crippen LogP contribution in [-0.2, 0) is 34.2 Å².